The summed E-state index contributed by atoms with van der Waals surface area (Å²) in [6.45, 7) is 3.63. The molecule has 0 aliphatic carbocycles. The lowest BCUT2D eigenvalue weighted by atomic mass is 10.4. The Labute approximate surface area is 108 Å². The highest BCUT2D eigenvalue weighted by molar-refractivity contribution is 9.10. The first-order valence-corrected chi connectivity index (χ1v) is 6.18. The molecule has 0 fully saturated rings. The molecule has 0 amide bonds. The zero-order valence-electron chi connectivity index (χ0n) is 9.56. The van der Waals surface area contributed by atoms with Crippen LogP contribution < -0.4 is 0 Å². The van der Waals surface area contributed by atoms with Gasteiger partial charge in [-0.2, -0.15) is 0 Å². The maximum absolute atomic E-state index is 8.63. The van der Waals surface area contributed by atoms with Crippen molar-refractivity contribution in [3.63, 3.8) is 0 Å². The lowest BCUT2D eigenvalue weighted by Gasteiger charge is -2.07. The van der Waals surface area contributed by atoms with E-state index in [4.69, 9.17) is 9.84 Å². The van der Waals surface area contributed by atoms with Gasteiger partial charge in [-0.25, -0.2) is 9.97 Å². The Morgan fingerprint density at radius 3 is 3.06 bits per heavy atom. The molecule has 2 heterocycles. The molecule has 0 spiro atoms. The summed E-state index contributed by atoms with van der Waals surface area (Å²) in [5.41, 5.74) is 1.73. The van der Waals surface area contributed by atoms with E-state index in [0.717, 1.165) is 21.5 Å². The number of imidazole rings is 1. The van der Waals surface area contributed by atoms with Crippen molar-refractivity contribution >= 4 is 27.1 Å². The fourth-order valence-electron chi connectivity index (χ4n) is 1.70. The van der Waals surface area contributed by atoms with Crippen molar-refractivity contribution in [1.29, 1.82) is 0 Å². The van der Waals surface area contributed by atoms with E-state index < -0.39 is 0 Å². The number of hydrogen-bond acceptors (Lipinski definition) is 4. The number of halogens is 1. The van der Waals surface area contributed by atoms with Gasteiger partial charge in [0.15, 0.2) is 5.65 Å². The van der Waals surface area contributed by atoms with Crippen LogP contribution in [0.4, 0.5) is 0 Å². The van der Waals surface area contributed by atoms with E-state index in [-0.39, 0.29) is 6.61 Å². The molecule has 0 aromatic carbocycles. The normalized spacial score (nSPS) is 11.2. The SMILES string of the molecule is Cc1nc2ncc(Br)cc2n1CCOCCO. The van der Waals surface area contributed by atoms with Gasteiger partial charge in [-0.1, -0.05) is 0 Å². The van der Waals surface area contributed by atoms with Crippen LogP contribution in [-0.4, -0.2) is 39.5 Å². The molecule has 5 nitrogen and oxygen atoms in total. The van der Waals surface area contributed by atoms with Gasteiger partial charge >= 0.3 is 0 Å². The van der Waals surface area contributed by atoms with E-state index >= 15 is 0 Å². The molecule has 17 heavy (non-hydrogen) atoms. The molecule has 6 heteroatoms. The number of aliphatic hydroxyl groups is 1. The average Bonchev–Trinajstić information content (AvgIpc) is 2.61. The van der Waals surface area contributed by atoms with Crippen molar-refractivity contribution in [3.05, 3.63) is 22.6 Å². The fraction of sp³-hybridized carbons (Fsp3) is 0.455. The molecule has 2 aromatic rings. The van der Waals surface area contributed by atoms with Crippen LogP contribution in [0.2, 0.25) is 0 Å². The predicted octanol–water partition coefficient (Wildman–Crippen LogP) is 1.51. The standard InChI is InChI=1S/C11H14BrN3O2/c1-8-14-11-10(6-9(12)7-13-11)15(8)2-4-17-5-3-16/h6-7,16H,2-5H2,1H3. The Balaban J connectivity index is 2.20. The molecule has 2 aromatic heterocycles. The Morgan fingerprint density at radius 2 is 2.29 bits per heavy atom. The number of hydrogen-bond donors (Lipinski definition) is 1. The maximum Gasteiger partial charge on any atom is 0.177 e. The topological polar surface area (TPSA) is 60.2 Å². The van der Waals surface area contributed by atoms with Crippen LogP contribution in [0, 0.1) is 6.92 Å². The highest BCUT2D eigenvalue weighted by Gasteiger charge is 2.08. The first-order chi connectivity index (χ1) is 8.22. The molecular formula is C11H14BrN3O2. The Kier molecular flexibility index (Phi) is 4.09. The minimum absolute atomic E-state index is 0.0523. The molecule has 1 N–H and O–H groups in total. The maximum atomic E-state index is 8.63. The quantitative estimate of drug-likeness (QED) is 0.850. The third-order valence-electron chi connectivity index (χ3n) is 2.46. The van der Waals surface area contributed by atoms with Gasteiger partial charge in [0.25, 0.3) is 0 Å². The summed E-state index contributed by atoms with van der Waals surface area (Å²) in [5.74, 6) is 0.915. The highest BCUT2D eigenvalue weighted by atomic mass is 79.9. The molecule has 2 rings (SSSR count). The van der Waals surface area contributed by atoms with Crippen molar-refractivity contribution < 1.29 is 9.84 Å². The van der Waals surface area contributed by atoms with E-state index in [2.05, 4.69) is 30.5 Å². The molecule has 0 bridgehead atoms. The van der Waals surface area contributed by atoms with Gasteiger partial charge in [0.2, 0.25) is 0 Å². The predicted molar refractivity (Wildman–Crippen MR) is 67.9 cm³/mol. The summed E-state index contributed by atoms with van der Waals surface area (Å²) in [7, 11) is 0. The van der Waals surface area contributed by atoms with Crippen molar-refractivity contribution in [2.75, 3.05) is 19.8 Å². The lowest BCUT2D eigenvalue weighted by Crippen LogP contribution is -2.09. The van der Waals surface area contributed by atoms with Crippen molar-refractivity contribution in [3.8, 4) is 0 Å². The van der Waals surface area contributed by atoms with Crippen molar-refractivity contribution in [1.82, 2.24) is 14.5 Å². The van der Waals surface area contributed by atoms with Crippen LogP contribution in [0.15, 0.2) is 16.7 Å². The Morgan fingerprint density at radius 1 is 1.47 bits per heavy atom. The summed E-state index contributed by atoms with van der Waals surface area (Å²) in [4.78, 5) is 8.63. The van der Waals surface area contributed by atoms with Crippen LogP contribution in [0.1, 0.15) is 5.82 Å². The van der Waals surface area contributed by atoms with Gasteiger partial charge in [0.05, 0.1) is 25.3 Å². The van der Waals surface area contributed by atoms with E-state index in [9.17, 15) is 0 Å². The van der Waals surface area contributed by atoms with E-state index in [1.54, 1.807) is 6.20 Å². The summed E-state index contributed by atoms with van der Waals surface area (Å²) in [5, 5.41) is 8.63. The minimum Gasteiger partial charge on any atom is -0.394 e. The lowest BCUT2D eigenvalue weighted by molar-refractivity contribution is 0.0872. The van der Waals surface area contributed by atoms with Crippen LogP contribution in [0.5, 0.6) is 0 Å². The number of aromatic nitrogens is 3. The van der Waals surface area contributed by atoms with Crippen LogP contribution >= 0.6 is 15.9 Å². The molecule has 0 radical (unpaired) electrons. The summed E-state index contributed by atoms with van der Waals surface area (Å²) in [6, 6.07) is 1.99. The van der Waals surface area contributed by atoms with Crippen LogP contribution in [-0.2, 0) is 11.3 Å². The summed E-state index contributed by atoms with van der Waals surface area (Å²) >= 11 is 3.40. The number of nitrogens with zero attached hydrogens (tertiary/aromatic N) is 3. The second-order valence-electron chi connectivity index (χ2n) is 3.64. The van der Waals surface area contributed by atoms with Crippen LogP contribution in [0.3, 0.4) is 0 Å². The number of aliphatic hydroxyl groups excluding tert-OH is 1. The molecule has 92 valence electrons. The number of rotatable bonds is 5. The molecule has 0 aliphatic rings. The third-order valence-corrected chi connectivity index (χ3v) is 2.89. The Hall–Kier alpha value is -0.980. The van der Waals surface area contributed by atoms with E-state index in [1.807, 2.05) is 13.0 Å². The van der Waals surface area contributed by atoms with Gasteiger partial charge in [0, 0.05) is 17.2 Å². The van der Waals surface area contributed by atoms with Crippen molar-refractivity contribution in [2.45, 2.75) is 13.5 Å². The molecule has 0 saturated heterocycles. The zero-order valence-corrected chi connectivity index (χ0v) is 11.1. The highest BCUT2D eigenvalue weighted by Crippen LogP contribution is 2.18. The van der Waals surface area contributed by atoms with Crippen LogP contribution in [0.25, 0.3) is 11.2 Å². The van der Waals surface area contributed by atoms with Gasteiger partial charge in [-0.3, -0.25) is 0 Å². The summed E-state index contributed by atoms with van der Waals surface area (Å²) < 4.78 is 8.25. The number of ether oxygens (including phenoxy) is 1. The number of fused-ring (bicyclic) bond motifs is 1. The summed E-state index contributed by atoms with van der Waals surface area (Å²) in [6.07, 6.45) is 1.74. The van der Waals surface area contributed by atoms with E-state index in [1.165, 1.54) is 0 Å². The minimum atomic E-state index is 0.0523. The second-order valence-corrected chi connectivity index (χ2v) is 4.56. The molecular weight excluding hydrogens is 286 g/mol. The third kappa shape index (κ3) is 2.83. The van der Waals surface area contributed by atoms with Crippen molar-refractivity contribution in [2.24, 2.45) is 0 Å². The second kappa shape index (κ2) is 5.57. The fourth-order valence-corrected chi connectivity index (χ4v) is 2.02. The van der Waals surface area contributed by atoms with E-state index in [0.29, 0.717) is 19.8 Å². The van der Waals surface area contributed by atoms with Gasteiger partial charge in [-0.05, 0) is 28.9 Å². The van der Waals surface area contributed by atoms with Gasteiger partial charge in [-0.15, -0.1) is 0 Å². The molecule has 0 atom stereocenters. The first kappa shape index (κ1) is 12.5. The smallest absolute Gasteiger partial charge is 0.177 e. The van der Waals surface area contributed by atoms with Gasteiger partial charge in [0.1, 0.15) is 5.82 Å². The monoisotopic (exact) mass is 299 g/mol. The first-order valence-electron chi connectivity index (χ1n) is 5.39. The molecule has 0 aliphatic heterocycles. The molecule has 0 saturated carbocycles. The largest absolute Gasteiger partial charge is 0.394 e. The van der Waals surface area contributed by atoms with Gasteiger partial charge < -0.3 is 14.4 Å². The Bertz CT molecular complexity index is 513. The zero-order chi connectivity index (χ0) is 12.3. The number of aryl methyl sites for hydroxylation is 1. The average molecular weight is 300 g/mol. The number of pyridine rings is 1. The molecule has 0 unspecified atom stereocenters.